The van der Waals surface area contributed by atoms with Gasteiger partial charge < -0.3 is 15.3 Å². The second-order valence-corrected chi connectivity index (χ2v) is 2.85. The molecule has 0 fully saturated rings. The molecule has 0 aliphatic rings. The van der Waals surface area contributed by atoms with Gasteiger partial charge in [-0.25, -0.2) is 0 Å². The first-order valence-electron chi connectivity index (χ1n) is 2.97. The second kappa shape index (κ2) is 3.15. The molecule has 0 rings (SSSR count). The standard InChI is InChI=1S/C6H14O3/c1-6(2,9)3-5(8)4-7/h5,7-9H,3-4H2,1-2H3. The molecule has 56 valence electrons. The molecular weight excluding hydrogens is 120 g/mol. The van der Waals surface area contributed by atoms with Crippen molar-refractivity contribution in [2.75, 3.05) is 6.61 Å². The molecule has 0 radical (unpaired) electrons. The Kier molecular flexibility index (Phi) is 3.11. The van der Waals surface area contributed by atoms with E-state index in [1.165, 1.54) is 0 Å². The van der Waals surface area contributed by atoms with Crippen LogP contribution in [0, 0.1) is 0 Å². The Bertz CT molecular complexity index is 74.9. The Labute approximate surface area is 54.9 Å². The van der Waals surface area contributed by atoms with Crippen LogP contribution in [0.15, 0.2) is 0 Å². The SMILES string of the molecule is CC(C)(O)CC(O)CO. The lowest BCUT2D eigenvalue weighted by atomic mass is 10.0. The van der Waals surface area contributed by atoms with Crippen molar-refractivity contribution in [1.29, 1.82) is 0 Å². The predicted molar refractivity (Wildman–Crippen MR) is 34.0 cm³/mol. The third-order valence-electron chi connectivity index (χ3n) is 0.946. The van der Waals surface area contributed by atoms with Gasteiger partial charge >= 0.3 is 0 Å². The third-order valence-corrected chi connectivity index (χ3v) is 0.946. The average Bonchev–Trinajstić information content (AvgIpc) is 1.62. The highest BCUT2D eigenvalue weighted by Crippen LogP contribution is 2.09. The van der Waals surface area contributed by atoms with Crippen LogP contribution in [0.25, 0.3) is 0 Å². The molecule has 1 unspecified atom stereocenters. The molecule has 3 heteroatoms. The third kappa shape index (κ3) is 5.76. The van der Waals surface area contributed by atoms with E-state index in [1.54, 1.807) is 13.8 Å². The maximum atomic E-state index is 9.05. The highest BCUT2D eigenvalue weighted by atomic mass is 16.3. The van der Waals surface area contributed by atoms with Gasteiger partial charge in [-0.2, -0.15) is 0 Å². The van der Waals surface area contributed by atoms with Crippen molar-refractivity contribution < 1.29 is 15.3 Å². The molecular formula is C6H14O3. The van der Waals surface area contributed by atoms with Gasteiger partial charge in [0.15, 0.2) is 0 Å². The van der Waals surface area contributed by atoms with E-state index in [-0.39, 0.29) is 13.0 Å². The van der Waals surface area contributed by atoms with Gasteiger partial charge in [-0.15, -0.1) is 0 Å². The van der Waals surface area contributed by atoms with Crippen LogP contribution in [0.3, 0.4) is 0 Å². The van der Waals surface area contributed by atoms with Crippen LogP contribution in [0.1, 0.15) is 20.3 Å². The lowest BCUT2D eigenvalue weighted by Gasteiger charge is -2.19. The van der Waals surface area contributed by atoms with Crippen LogP contribution in [-0.2, 0) is 0 Å². The zero-order chi connectivity index (χ0) is 7.49. The van der Waals surface area contributed by atoms with Crippen molar-refractivity contribution >= 4 is 0 Å². The summed E-state index contributed by atoms with van der Waals surface area (Å²) in [4.78, 5) is 0. The van der Waals surface area contributed by atoms with E-state index >= 15 is 0 Å². The summed E-state index contributed by atoms with van der Waals surface area (Å²) in [5, 5.41) is 26.2. The fourth-order valence-corrected chi connectivity index (χ4v) is 0.641. The molecule has 0 aromatic rings. The lowest BCUT2D eigenvalue weighted by molar-refractivity contribution is -0.00260. The van der Waals surface area contributed by atoms with Gasteiger partial charge in [0.2, 0.25) is 0 Å². The molecule has 0 aliphatic heterocycles. The Morgan fingerprint density at radius 2 is 1.89 bits per heavy atom. The van der Waals surface area contributed by atoms with Gasteiger partial charge in [0, 0.05) is 6.42 Å². The summed E-state index contributed by atoms with van der Waals surface area (Å²) in [7, 11) is 0. The van der Waals surface area contributed by atoms with E-state index in [2.05, 4.69) is 0 Å². The maximum Gasteiger partial charge on any atom is 0.0798 e. The first-order valence-corrected chi connectivity index (χ1v) is 2.97. The van der Waals surface area contributed by atoms with Crippen molar-refractivity contribution in [3.05, 3.63) is 0 Å². The Morgan fingerprint density at radius 1 is 1.44 bits per heavy atom. The van der Waals surface area contributed by atoms with Gasteiger partial charge in [0.25, 0.3) is 0 Å². The van der Waals surface area contributed by atoms with Crippen LogP contribution < -0.4 is 0 Å². The molecule has 0 saturated heterocycles. The van der Waals surface area contributed by atoms with Crippen LogP contribution >= 0.6 is 0 Å². The molecule has 0 heterocycles. The quantitative estimate of drug-likeness (QED) is 0.487. The van der Waals surface area contributed by atoms with Gasteiger partial charge in [0.05, 0.1) is 18.3 Å². The summed E-state index contributed by atoms with van der Waals surface area (Å²) in [6.07, 6.45) is -0.589. The summed E-state index contributed by atoms with van der Waals surface area (Å²) < 4.78 is 0. The number of hydrogen-bond donors (Lipinski definition) is 3. The van der Waals surface area contributed by atoms with Crippen molar-refractivity contribution in [3.8, 4) is 0 Å². The van der Waals surface area contributed by atoms with Crippen LogP contribution in [0.5, 0.6) is 0 Å². The highest BCUT2D eigenvalue weighted by Gasteiger charge is 2.17. The molecule has 0 aromatic carbocycles. The predicted octanol–water partition coefficient (Wildman–Crippen LogP) is -0.499. The van der Waals surface area contributed by atoms with Gasteiger partial charge in [-0.05, 0) is 13.8 Å². The van der Waals surface area contributed by atoms with E-state index < -0.39 is 11.7 Å². The molecule has 0 amide bonds. The topological polar surface area (TPSA) is 60.7 Å². The lowest BCUT2D eigenvalue weighted by Crippen LogP contribution is -2.28. The average molecular weight is 134 g/mol. The number of hydrogen-bond acceptors (Lipinski definition) is 3. The molecule has 3 N–H and O–H groups in total. The summed E-state index contributed by atoms with van der Waals surface area (Å²) in [5.41, 5.74) is -0.887. The fraction of sp³-hybridized carbons (Fsp3) is 1.00. The van der Waals surface area contributed by atoms with Crippen LogP contribution in [0.2, 0.25) is 0 Å². The molecule has 0 saturated carbocycles. The largest absolute Gasteiger partial charge is 0.394 e. The minimum absolute atomic E-state index is 0.212. The normalized spacial score (nSPS) is 15.7. The molecule has 0 spiro atoms. The van der Waals surface area contributed by atoms with E-state index in [9.17, 15) is 0 Å². The smallest absolute Gasteiger partial charge is 0.0798 e. The summed E-state index contributed by atoms with van der Waals surface area (Å²) in [6.45, 7) is 2.89. The minimum Gasteiger partial charge on any atom is -0.394 e. The summed E-state index contributed by atoms with van der Waals surface area (Å²) >= 11 is 0. The van der Waals surface area contributed by atoms with Gasteiger partial charge in [0.1, 0.15) is 0 Å². The maximum absolute atomic E-state index is 9.05. The van der Waals surface area contributed by atoms with Crippen LogP contribution in [0.4, 0.5) is 0 Å². The molecule has 1 atom stereocenters. The number of rotatable bonds is 3. The van der Waals surface area contributed by atoms with Crippen molar-refractivity contribution in [2.45, 2.75) is 32.0 Å². The summed E-state index contributed by atoms with van der Waals surface area (Å²) in [5.74, 6) is 0. The first-order chi connectivity index (χ1) is 3.95. The van der Waals surface area contributed by atoms with Gasteiger partial charge in [-0.1, -0.05) is 0 Å². The Balaban J connectivity index is 3.47. The van der Waals surface area contributed by atoms with Crippen molar-refractivity contribution in [3.63, 3.8) is 0 Å². The molecule has 0 aromatic heterocycles. The Morgan fingerprint density at radius 3 is 2.00 bits per heavy atom. The molecule has 0 aliphatic carbocycles. The molecule has 3 nitrogen and oxygen atoms in total. The van der Waals surface area contributed by atoms with E-state index in [1.807, 2.05) is 0 Å². The Hall–Kier alpha value is -0.120. The summed E-state index contributed by atoms with van der Waals surface area (Å²) in [6, 6.07) is 0. The van der Waals surface area contributed by atoms with Crippen molar-refractivity contribution in [1.82, 2.24) is 0 Å². The molecule has 0 bridgehead atoms. The van der Waals surface area contributed by atoms with E-state index in [4.69, 9.17) is 15.3 Å². The zero-order valence-corrected chi connectivity index (χ0v) is 5.83. The van der Waals surface area contributed by atoms with E-state index in [0.717, 1.165) is 0 Å². The van der Waals surface area contributed by atoms with E-state index in [0.29, 0.717) is 0 Å². The zero-order valence-electron chi connectivity index (χ0n) is 5.83. The molecule has 9 heavy (non-hydrogen) atoms. The first kappa shape index (κ1) is 8.88. The second-order valence-electron chi connectivity index (χ2n) is 2.85. The van der Waals surface area contributed by atoms with Crippen molar-refractivity contribution in [2.24, 2.45) is 0 Å². The monoisotopic (exact) mass is 134 g/mol. The fourth-order valence-electron chi connectivity index (χ4n) is 0.641. The number of aliphatic hydroxyl groups is 3. The van der Waals surface area contributed by atoms with Crippen LogP contribution in [-0.4, -0.2) is 33.6 Å². The number of aliphatic hydroxyl groups excluding tert-OH is 2. The highest BCUT2D eigenvalue weighted by molar-refractivity contribution is 4.69. The minimum atomic E-state index is -0.887. The van der Waals surface area contributed by atoms with Gasteiger partial charge in [-0.3, -0.25) is 0 Å².